The average molecular weight is 482 g/mol. The predicted molar refractivity (Wildman–Crippen MR) is 131 cm³/mol. The molecule has 0 radical (unpaired) electrons. The molecule has 184 valence electrons. The first-order chi connectivity index (χ1) is 17.0. The van der Waals surface area contributed by atoms with Crippen LogP contribution in [-0.2, 0) is 29.0 Å². The summed E-state index contributed by atoms with van der Waals surface area (Å²) < 4.78 is 26.4. The van der Waals surface area contributed by atoms with Gasteiger partial charge in [-0.25, -0.2) is 19.2 Å². The van der Waals surface area contributed by atoms with Crippen molar-refractivity contribution >= 4 is 33.7 Å². The zero-order valence-corrected chi connectivity index (χ0v) is 19.5. The number of carbonyl (C=O) groups is 1. The molecule has 0 aliphatic carbocycles. The van der Waals surface area contributed by atoms with Crippen LogP contribution in [0.2, 0.25) is 0 Å². The van der Waals surface area contributed by atoms with Gasteiger partial charge in [-0.1, -0.05) is 18.2 Å². The quantitative estimate of drug-likeness (QED) is 0.264. The van der Waals surface area contributed by atoms with E-state index in [1.165, 1.54) is 12.1 Å². The van der Waals surface area contributed by atoms with Crippen molar-refractivity contribution in [2.45, 2.75) is 25.9 Å². The number of nitrogens with two attached hydrogens (primary N) is 1. The van der Waals surface area contributed by atoms with Gasteiger partial charge in [-0.05, 0) is 36.7 Å². The van der Waals surface area contributed by atoms with E-state index in [1.54, 1.807) is 13.2 Å². The Morgan fingerprint density at radius 1 is 1.23 bits per heavy atom. The van der Waals surface area contributed by atoms with Crippen LogP contribution in [0.15, 0.2) is 42.5 Å². The zero-order valence-electron chi connectivity index (χ0n) is 19.5. The van der Waals surface area contributed by atoms with Crippen molar-refractivity contribution in [2.75, 3.05) is 32.6 Å². The van der Waals surface area contributed by atoms with Crippen molar-refractivity contribution < 1.29 is 23.8 Å². The van der Waals surface area contributed by atoms with Gasteiger partial charge < -0.3 is 30.2 Å². The van der Waals surface area contributed by atoms with Gasteiger partial charge in [0.25, 0.3) is 0 Å². The van der Waals surface area contributed by atoms with Gasteiger partial charge in [0.05, 0.1) is 17.6 Å². The number of nitrogen functional groups attached to an aromatic ring is 1. The number of imidazole rings is 1. The highest BCUT2D eigenvalue weighted by Gasteiger charge is 2.17. The molecule has 0 spiro atoms. The number of para-hydroxylation sites is 1. The van der Waals surface area contributed by atoms with E-state index in [4.69, 9.17) is 25.3 Å². The van der Waals surface area contributed by atoms with Crippen molar-refractivity contribution in [3.63, 3.8) is 0 Å². The number of aryl methyl sites for hydroxylation is 1. The number of ether oxygens (including phenoxy) is 2. The van der Waals surface area contributed by atoms with Crippen molar-refractivity contribution in [1.29, 1.82) is 0 Å². The standard InChI is InChI=1S/C25H28FN5O4/c1-34-10-7-21-30-23-24(19-5-2-3-6-20(19)29-25(23)27)31(21)9-4-8-28-14-16-11-17(26)13-18(12-16)35-15-22(32)33/h2-3,5-6,11-13,28H,4,7-10,14-15H2,1H3,(H2,27,29)(H,32,33). The van der Waals surface area contributed by atoms with Crippen LogP contribution in [0.4, 0.5) is 10.2 Å². The average Bonchev–Trinajstić information content (AvgIpc) is 3.20. The molecule has 0 fully saturated rings. The normalized spacial score (nSPS) is 11.4. The second kappa shape index (κ2) is 11.1. The SMILES string of the molecule is COCCc1nc2c(N)nc3ccccc3c2n1CCCNCc1cc(F)cc(OCC(=O)O)c1. The minimum atomic E-state index is -1.11. The van der Waals surface area contributed by atoms with Gasteiger partial charge in [0.2, 0.25) is 0 Å². The summed E-state index contributed by atoms with van der Waals surface area (Å²) in [6.07, 6.45) is 1.44. The Bertz CT molecular complexity index is 1340. The maximum atomic E-state index is 13.9. The molecule has 0 aliphatic rings. The summed E-state index contributed by atoms with van der Waals surface area (Å²) in [5, 5.41) is 13.0. The fourth-order valence-electron chi connectivity index (χ4n) is 4.08. The number of fused-ring (bicyclic) bond motifs is 3. The molecule has 4 aromatic rings. The molecule has 0 saturated heterocycles. The minimum absolute atomic E-state index is 0.190. The number of nitrogens with zero attached hydrogens (tertiary/aromatic N) is 3. The number of nitrogens with one attached hydrogen (secondary N) is 1. The highest BCUT2D eigenvalue weighted by atomic mass is 19.1. The number of aromatic nitrogens is 3. The van der Waals surface area contributed by atoms with Gasteiger partial charge in [-0.15, -0.1) is 0 Å². The first-order valence-corrected chi connectivity index (χ1v) is 11.3. The van der Waals surface area contributed by atoms with Crippen LogP contribution >= 0.6 is 0 Å². The number of methoxy groups -OCH3 is 1. The Kier molecular flexibility index (Phi) is 7.74. The van der Waals surface area contributed by atoms with Crippen molar-refractivity contribution in [1.82, 2.24) is 19.9 Å². The molecular weight excluding hydrogens is 453 g/mol. The van der Waals surface area contributed by atoms with Crippen LogP contribution in [0.1, 0.15) is 17.8 Å². The number of aliphatic carboxylic acids is 1. The Morgan fingerprint density at radius 3 is 2.86 bits per heavy atom. The number of rotatable bonds is 12. The zero-order chi connectivity index (χ0) is 24.8. The Morgan fingerprint density at radius 2 is 2.06 bits per heavy atom. The van der Waals surface area contributed by atoms with E-state index in [9.17, 15) is 9.18 Å². The molecule has 35 heavy (non-hydrogen) atoms. The number of carboxylic acids is 1. The number of benzene rings is 2. The molecule has 0 unspecified atom stereocenters. The lowest BCUT2D eigenvalue weighted by Crippen LogP contribution is -2.18. The molecule has 2 aromatic heterocycles. The molecule has 0 aliphatic heterocycles. The van der Waals surface area contributed by atoms with Crippen LogP contribution in [0.3, 0.4) is 0 Å². The molecule has 2 heterocycles. The van der Waals surface area contributed by atoms with Crippen LogP contribution in [-0.4, -0.2) is 52.5 Å². The summed E-state index contributed by atoms with van der Waals surface area (Å²) in [5.41, 5.74) is 9.38. The summed E-state index contributed by atoms with van der Waals surface area (Å²) in [6.45, 7) is 1.81. The van der Waals surface area contributed by atoms with Gasteiger partial charge in [-0.2, -0.15) is 0 Å². The fourth-order valence-corrected chi connectivity index (χ4v) is 4.08. The highest BCUT2D eigenvalue weighted by molar-refractivity contribution is 6.06. The van der Waals surface area contributed by atoms with E-state index in [0.29, 0.717) is 49.6 Å². The molecule has 10 heteroatoms. The number of hydrogen-bond donors (Lipinski definition) is 3. The number of carboxylic acid groups (broad SMARTS) is 1. The summed E-state index contributed by atoms with van der Waals surface area (Å²) in [5.74, 6) is -0.111. The first kappa shape index (κ1) is 24.4. The Hall–Kier alpha value is -3.76. The fraction of sp³-hybridized carbons (Fsp3) is 0.320. The van der Waals surface area contributed by atoms with Crippen molar-refractivity contribution in [2.24, 2.45) is 0 Å². The van der Waals surface area contributed by atoms with Crippen molar-refractivity contribution in [3.05, 3.63) is 59.7 Å². The van der Waals surface area contributed by atoms with Gasteiger partial charge in [0, 0.05) is 38.1 Å². The van der Waals surface area contributed by atoms with Gasteiger partial charge in [0.15, 0.2) is 12.4 Å². The van der Waals surface area contributed by atoms with E-state index in [1.807, 2.05) is 24.3 Å². The molecule has 0 saturated carbocycles. The summed E-state index contributed by atoms with van der Waals surface area (Å²) in [7, 11) is 1.66. The second-order valence-corrected chi connectivity index (χ2v) is 8.14. The smallest absolute Gasteiger partial charge is 0.341 e. The highest BCUT2D eigenvalue weighted by Crippen LogP contribution is 2.29. The molecule has 0 atom stereocenters. The van der Waals surface area contributed by atoms with E-state index >= 15 is 0 Å². The maximum absolute atomic E-state index is 13.9. The first-order valence-electron chi connectivity index (χ1n) is 11.3. The number of halogens is 1. The predicted octanol–water partition coefficient (Wildman–Crippen LogP) is 3.14. The lowest BCUT2D eigenvalue weighted by molar-refractivity contribution is -0.139. The summed E-state index contributed by atoms with van der Waals surface area (Å²) >= 11 is 0. The Labute approximate surface area is 201 Å². The van der Waals surface area contributed by atoms with Crippen LogP contribution in [0.5, 0.6) is 5.75 Å². The number of pyridine rings is 1. The molecule has 0 amide bonds. The summed E-state index contributed by atoms with van der Waals surface area (Å²) in [6, 6.07) is 12.1. The lowest BCUT2D eigenvalue weighted by Gasteiger charge is -2.12. The Balaban J connectivity index is 1.46. The van der Waals surface area contributed by atoms with E-state index in [2.05, 4.69) is 14.9 Å². The molecule has 0 bridgehead atoms. The van der Waals surface area contributed by atoms with Gasteiger partial charge in [0.1, 0.15) is 22.9 Å². The van der Waals surface area contributed by atoms with Crippen LogP contribution in [0, 0.1) is 5.82 Å². The topological polar surface area (TPSA) is 125 Å². The van der Waals surface area contributed by atoms with E-state index in [-0.39, 0.29) is 5.75 Å². The monoisotopic (exact) mass is 481 g/mol. The van der Waals surface area contributed by atoms with Crippen LogP contribution < -0.4 is 15.8 Å². The van der Waals surface area contributed by atoms with E-state index < -0.39 is 18.4 Å². The largest absolute Gasteiger partial charge is 0.482 e. The van der Waals surface area contributed by atoms with Crippen molar-refractivity contribution in [3.8, 4) is 5.75 Å². The summed E-state index contributed by atoms with van der Waals surface area (Å²) in [4.78, 5) is 20.0. The third kappa shape index (κ3) is 5.84. The third-order valence-corrected chi connectivity index (χ3v) is 5.58. The van der Waals surface area contributed by atoms with E-state index in [0.717, 1.165) is 28.7 Å². The van der Waals surface area contributed by atoms with Gasteiger partial charge in [-0.3, -0.25) is 0 Å². The second-order valence-electron chi connectivity index (χ2n) is 8.14. The lowest BCUT2D eigenvalue weighted by atomic mass is 10.2. The molecular formula is C25H28FN5O4. The maximum Gasteiger partial charge on any atom is 0.341 e. The van der Waals surface area contributed by atoms with Crippen LogP contribution in [0.25, 0.3) is 21.9 Å². The van der Waals surface area contributed by atoms with Gasteiger partial charge >= 0.3 is 5.97 Å². The molecule has 2 aromatic carbocycles. The third-order valence-electron chi connectivity index (χ3n) is 5.58. The number of anilines is 1. The number of hydrogen-bond acceptors (Lipinski definition) is 7. The molecule has 4 N–H and O–H groups in total. The molecule has 4 rings (SSSR count). The minimum Gasteiger partial charge on any atom is -0.482 e. The molecule has 9 nitrogen and oxygen atoms in total.